The van der Waals surface area contributed by atoms with Gasteiger partial charge in [0.15, 0.2) is 6.29 Å². The predicted molar refractivity (Wildman–Crippen MR) is 377 cm³/mol. The maximum atomic E-state index is 13.2. The number of unbranched alkanes of at least 4 members (excludes halogenated alkanes) is 30. The summed E-state index contributed by atoms with van der Waals surface area (Å²) in [6.45, 7) is 3.73. The zero-order valence-corrected chi connectivity index (χ0v) is 56.4. The Morgan fingerprint density at radius 1 is 0.398 bits per heavy atom. The van der Waals surface area contributed by atoms with E-state index in [9.17, 15) is 30.3 Å². The number of hydrogen-bond acceptors (Lipinski definition) is 8. The first-order valence-electron chi connectivity index (χ1n) is 36.4. The largest absolute Gasteiger partial charge is 0.394 e. The minimum atomic E-state index is -1.57. The molecular weight excluding hydrogens is 1090 g/mol. The standard InChI is InChI=1S/C79H135NO8/c1-3-5-7-9-11-13-15-17-19-21-23-25-27-29-31-33-34-35-36-37-38-39-40-41-43-45-47-49-51-53-55-57-59-61-63-65-67-69-75(83)80-72(71-87-79-78(86)77(85)76(84)74(70-81)88-79)73(82)68-66-64-62-60-58-56-54-52-50-48-46-44-42-32-30-28-26-24-22-20-18-16-14-12-10-8-6-4-2/h5,7,11,13,17,19,23,25,29,31,34-35,37-38,40-41,45,47,51,53,57,59,72-74,76-79,81-82,84-86H,3-4,6,8-10,12,14-16,18,20-22,24,26-28,30,32-33,36,39,42-44,46,48-50,52,54-56,58,60-71H2,1-2H3,(H,80,83)/b7-5-,13-11-,19-17-,25-23-,31-29-,35-34-,38-37-,41-40-,47-45-,53-51-,59-57-. The second-order valence-electron chi connectivity index (χ2n) is 24.7. The van der Waals surface area contributed by atoms with Gasteiger partial charge in [-0.15, -0.1) is 0 Å². The summed E-state index contributed by atoms with van der Waals surface area (Å²) in [5.41, 5.74) is 0. The van der Waals surface area contributed by atoms with Crippen LogP contribution in [0, 0.1) is 0 Å². The van der Waals surface area contributed by atoms with Gasteiger partial charge in [-0.3, -0.25) is 4.79 Å². The molecule has 7 atom stereocenters. The summed E-state index contributed by atoms with van der Waals surface area (Å²) in [5, 5.41) is 55.0. The molecule has 0 spiro atoms. The van der Waals surface area contributed by atoms with Gasteiger partial charge in [0, 0.05) is 6.42 Å². The summed E-state index contributed by atoms with van der Waals surface area (Å²) in [4.78, 5) is 13.2. The van der Waals surface area contributed by atoms with Gasteiger partial charge in [-0.25, -0.2) is 0 Å². The first-order chi connectivity index (χ1) is 43.3. The summed E-state index contributed by atoms with van der Waals surface area (Å²) >= 11 is 0. The molecule has 1 aliphatic rings. The van der Waals surface area contributed by atoms with Crippen LogP contribution in [0.15, 0.2) is 134 Å². The van der Waals surface area contributed by atoms with Crippen molar-refractivity contribution >= 4 is 5.91 Å². The van der Waals surface area contributed by atoms with Gasteiger partial charge >= 0.3 is 0 Å². The molecule has 0 bridgehead atoms. The van der Waals surface area contributed by atoms with E-state index in [4.69, 9.17) is 9.47 Å². The number of allylic oxidation sites excluding steroid dienone is 22. The SMILES string of the molecule is CC/C=C\C/C=C\C/C=C\C/C=C\C/C=C\C/C=C\C/C=C\C/C=C\C/C=C\C/C=C\C/C=C\CCCCCC(=O)NC(COC1OC(CO)C(O)C(O)C1O)C(O)CCCCCCCCCCCCCCCCCCCCCCCCCCCCCC. The first-order valence-corrected chi connectivity index (χ1v) is 36.4. The lowest BCUT2D eigenvalue weighted by Crippen LogP contribution is -2.60. The smallest absolute Gasteiger partial charge is 0.220 e. The van der Waals surface area contributed by atoms with Crippen LogP contribution in [0.25, 0.3) is 0 Å². The summed E-state index contributed by atoms with van der Waals surface area (Å²) in [6, 6.07) is -0.749. The highest BCUT2D eigenvalue weighted by atomic mass is 16.7. The molecule has 1 aliphatic heterocycles. The zero-order chi connectivity index (χ0) is 63.5. The van der Waals surface area contributed by atoms with Gasteiger partial charge in [-0.05, 0) is 96.3 Å². The van der Waals surface area contributed by atoms with Gasteiger partial charge in [0.25, 0.3) is 0 Å². The van der Waals surface area contributed by atoms with Crippen LogP contribution in [-0.2, 0) is 14.3 Å². The van der Waals surface area contributed by atoms with Crippen LogP contribution in [0.2, 0.25) is 0 Å². The summed E-state index contributed by atoms with van der Waals surface area (Å²) < 4.78 is 11.4. The number of aliphatic hydroxyl groups is 5. The van der Waals surface area contributed by atoms with Crippen molar-refractivity contribution in [3.63, 3.8) is 0 Å². The molecular formula is C79H135NO8. The molecule has 1 heterocycles. The van der Waals surface area contributed by atoms with E-state index in [1.165, 1.54) is 161 Å². The fraction of sp³-hybridized carbons (Fsp3) is 0.709. The predicted octanol–water partition coefficient (Wildman–Crippen LogP) is 20.4. The van der Waals surface area contributed by atoms with Gasteiger partial charge < -0.3 is 40.3 Å². The van der Waals surface area contributed by atoms with Crippen LogP contribution in [0.5, 0.6) is 0 Å². The highest BCUT2D eigenvalue weighted by Gasteiger charge is 2.44. The number of amides is 1. The van der Waals surface area contributed by atoms with Crippen LogP contribution in [0.1, 0.15) is 303 Å². The third kappa shape index (κ3) is 54.1. The quantitative estimate of drug-likeness (QED) is 0.0261. The molecule has 1 saturated heterocycles. The molecule has 0 aromatic carbocycles. The summed E-state index contributed by atoms with van der Waals surface area (Å²) in [6.07, 6.45) is 93.7. The van der Waals surface area contributed by atoms with Crippen molar-refractivity contribution in [1.29, 1.82) is 0 Å². The van der Waals surface area contributed by atoms with Gasteiger partial charge in [-0.2, -0.15) is 0 Å². The number of nitrogens with one attached hydrogen (secondary N) is 1. The molecule has 7 unspecified atom stereocenters. The molecule has 504 valence electrons. The third-order valence-corrected chi connectivity index (χ3v) is 16.5. The zero-order valence-electron chi connectivity index (χ0n) is 56.4. The lowest BCUT2D eigenvalue weighted by atomic mass is 9.99. The maximum Gasteiger partial charge on any atom is 0.220 e. The second-order valence-corrected chi connectivity index (χ2v) is 24.7. The monoisotopic (exact) mass is 1230 g/mol. The lowest BCUT2D eigenvalue weighted by molar-refractivity contribution is -0.302. The minimum absolute atomic E-state index is 0.159. The Kier molecular flexibility index (Phi) is 62.0. The molecule has 0 aliphatic carbocycles. The van der Waals surface area contributed by atoms with Crippen LogP contribution < -0.4 is 5.32 Å². The third-order valence-electron chi connectivity index (χ3n) is 16.5. The van der Waals surface area contributed by atoms with Gasteiger partial charge in [0.2, 0.25) is 5.91 Å². The van der Waals surface area contributed by atoms with Gasteiger partial charge in [-0.1, -0.05) is 334 Å². The molecule has 0 aromatic heterocycles. The van der Waals surface area contributed by atoms with Crippen molar-refractivity contribution in [3.8, 4) is 0 Å². The van der Waals surface area contributed by atoms with E-state index >= 15 is 0 Å². The number of rotatable bonds is 62. The number of ether oxygens (including phenoxy) is 2. The molecule has 1 rings (SSSR count). The molecule has 9 heteroatoms. The maximum absolute atomic E-state index is 13.2. The van der Waals surface area contributed by atoms with Crippen molar-refractivity contribution in [2.24, 2.45) is 0 Å². The Labute approximate surface area is 541 Å². The fourth-order valence-corrected chi connectivity index (χ4v) is 10.9. The first kappa shape index (κ1) is 82.3. The van der Waals surface area contributed by atoms with Crippen molar-refractivity contribution in [2.75, 3.05) is 13.2 Å². The fourth-order valence-electron chi connectivity index (χ4n) is 10.9. The average molecular weight is 1230 g/mol. The Morgan fingerprint density at radius 3 is 1.03 bits per heavy atom. The lowest BCUT2D eigenvalue weighted by Gasteiger charge is -2.40. The van der Waals surface area contributed by atoms with E-state index in [-0.39, 0.29) is 12.5 Å². The molecule has 0 saturated carbocycles. The molecule has 9 nitrogen and oxygen atoms in total. The van der Waals surface area contributed by atoms with Gasteiger partial charge in [0.05, 0.1) is 25.4 Å². The van der Waals surface area contributed by atoms with Crippen molar-refractivity contribution in [2.45, 2.75) is 346 Å². The number of carbonyl (C=O) groups is 1. The van der Waals surface area contributed by atoms with Crippen molar-refractivity contribution < 1.29 is 39.8 Å². The minimum Gasteiger partial charge on any atom is -0.394 e. The molecule has 1 amide bonds. The van der Waals surface area contributed by atoms with E-state index in [0.29, 0.717) is 12.8 Å². The molecule has 88 heavy (non-hydrogen) atoms. The van der Waals surface area contributed by atoms with Crippen LogP contribution in [0.4, 0.5) is 0 Å². The van der Waals surface area contributed by atoms with E-state index in [1.807, 2.05) is 0 Å². The number of hydrogen-bond donors (Lipinski definition) is 6. The molecule has 0 radical (unpaired) electrons. The topological polar surface area (TPSA) is 149 Å². The highest BCUT2D eigenvalue weighted by molar-refractivity contribution is 5.76. The van der Waals surface area contributed by atoms with Gasteiger partial charge in [0.1, 0.15) is 24.4 Å². The normalized spacial score (nSPS) is 18.7. The Balaban J connectivity index is 2.18. The highest BCUT2D eigenvalue weighted by Crippen LogP contribution is 2.23. The Bertz CT molecular complexity index is 1860. The number of aliphatic hydroxyl groups excluding tert-OH is 5. The summed E-state index contributed by atoms with van der Waals surface area (Å²) in [7, 11) is 0. The summed E-state index contributed by atoms with van der Waals surface area (Å²) in [5.74, 6) is -0.178. The van der Waals surface area contributed by atoms with Crippen molar-refractivity contribution in [3.05, 3.63) is 134 Å². The van der Waals surface area contributed by atoms with Crippen LogP contribution >= 0.6 is 0 Å². The molecule has 0 aromatic rings. The average Bonchev–Trinajstić information content (AvgIpc) is 3.29. The van der Waals surface area contributed by atoms with E-state index < -0.39 is 49.5 Å². The molecule has 1 fully saturated rings. The van der Waals surface area contributed by atoms with E-state index in [1.54, 1.807) is 0 Å². The number of carbonyl (C=O) groups excluding carboxylic acids is 1. The Hall–Kier alpha value is -3.67. The second kappa shape index (κ2) is 66.3. The van der Waals surface area contributed by atoms with Crippen LogP contribution in [-0.4, -0.2) is 87.5 Å². The van der Waals surface area contributed by atoms with Crippen LogP contribution in [0.3, 0.4) is 0 Å². The Morgan fingerprint density at radius 2 is 0.705 bits per heavy atom. The van der Waals surface area contributed by atoms with Crippen molar-refractivity contribution in [1.82, 2.24) is 5.32 Å². The van der Waals surface area contributed by atoms with E-state index in [2.05, 4.69) is 153 Å². The molecule has 6 N–H and O–H groups in total. The van der Waals surface area contributed by atoms with E-state index in [0.717, 1.165) is 116 Å².